The third-order valence-electron chi connectivity index (χ3n) is 3.10. The van der Waals surface area contributed by atoms with Crippen molar-refractivity contribution in [3.63, 3.8) is 0 Å². The van der Waals surface area contributed by atoms with E-state index in [1.54, 1.807) is 18.2 Å². The highest BCUT2D eigenvalue weighted by atomic mass is 16.5. The van der Waals surface area contributed by atoms with E-state index >= 15 is 0 Å². The highest BCUT2D eigenvalue weighted by molar-refractivity contribution is 5.82. The van der Waals surface area contributed by atoms with Crippen LogP contribution in [0.25, 0.3) is 0 Å². The van der Waals surface area contributed by atoms with Gasteiger partial charge in [-0.05, 0) is 24.1 Å². The summed E-state index contributed by atoms with van der Waals surface area (Å²) in [6, 6.07) is 4.31. The lowest BCUT2D eigenvalue weighted by atomic mass is 10.1. The van der Waals surface area contributed by atoms with Crippen molar-refractivity contribution in [2.75, 3.05) is 13.7 Å². The molecule has 22 heavy (non-hydrogen) atoms. The van der Waals surface area contributed by atoms with Crippen LogP contribution in [-0.2, 0) is 16.0 Å². The molecule has 0 radical (unpaired) electrons. The zero-order valence-corrected chi connectivity index (χ0v) is 13.2. The minimum Gasteiger partial charge on any atom is -0.493 e. The number of carboxylic acid groups (broad SMARTS) is 1. The van der Waals surface area contributed by atoms with Crippen LogP contribution in [0.1, 0.15) is 32.3 Å². The Hall–Kier alpha value is -2.24. The Morgan fingerprint density at radius 3 is 2.59 bits per heavy atom. The van der Waals surface area contributed by atoms with E-state index in [1.807, 2.05) is 0 Å². The molecule has 1 atom stereocenters. The van der Waals surface area contributed by atoms with E-state index in [1.165, 1.54) is 14.0 Å². The molecular formula is C16H23NO5. The molecule has 0 aliphatic carbocycles. The zero-order chi connectivity index (χ0) is 16.5. The van der Waals surface area contributed by atoms with Gasteiger partial charge in [0.2, 0.25) is 5.91 Å². The summed E-state index contributed by atoms with van der Waals surface area (Å²) in [6.07, 6.45) is 2.17. The molecule has 6 heteroatoms. The largest absolute Gasteiger partial charge is 0.493 e. The number of nitrogens with one attached hydrogen (secondary N) is 1. The van der Waals surface area contributed by atoms with Gasteiger partial charge >= 0.3 is 5.97 Å². The summed E-state index contributed by atoms with van der Waals surface area (Å²) in [7, 11) is 1.54. The number of unbranched alkanes of at least 4 members (excludes halogenated alkanes) is 1. The molecule has 122 valence electrons. The van der Waals surface area contributed by atoms with Crippen LogP contribution in [0, 0.1) is 0 Å². The fourth-order valence-electron chi connectivity index (χ4n) is 1.97. The van der Waals surface area contributed by atoms with Crippen molar-refractivity contribution >= 4 is 11.9 Å². The van der Waals surface area contributed by atoms with E-state index in [9.17, 15) is 9.59 Å². The maximum atomic E-state index is 11.2. The number of methoxy groups -OCH3 is 1. The Kier molecular flexibility index (Phi) is 7.22. The van der Waals surface area contributed by atoms with Gasteiger partial charge < -0.3 is 19.9 Å². The first-order valence-corrected chi connectivity index (χ1v) is 7.27. The van der Waals surface area contributed by atoms with E-state index < -0.39 is 12.0 Å². The molecule has 0 saturated carbocycles. The maximum absolute atomic E-state index is 11.2. The van der Waals surface area contributed by atoms with Gasteiger partial charge in [-0.3, -0.25) is 4.79 Å². The minimum atomic E-state index is -1.07. The lowest BCUT2D eigenvalue weighted by Crippen LogP contribution is -2.41. The summed E-state index contributed by atoms with van der Waals surface area (Å²) >= 11 is 0. The Bertz CT molecular complexity index is 515. The van der Waals surface area contributed by atoms with E-state index in [-0.39, 0.29) is 12.3 Å². The first kappa shape index (κ1) is 17.8. The number of carboxylic acids is 1. The van der Waals surface area contributed by atoms with E-state index in [0.29, 0.717) is 18.1 Å². The van der Waals surface area contributed by atoms with Gasteiger partial charge in [0.1, 0.15) is 6.04 Å². The van der Waals surface area contributed by atoms with Crippen LogP contribution in [0.2, 0.25) is 0 Å². The number of benzene rings is 1. The predicted molar refractivity (Wildman–Crippen MR) is 82.3 cm³/mol. The third kappa shape index (κ3) is 5.63. The van der Waals surface area contributed by atoms with Crippen molar-refractivity contribution in [3.05, 3.63) is 23.8 Å². The molecule has 1 aromatic rings. The molecule has 0 spiro atoms. The van der Waals surface area contributed by atoms with Crippen LogP contribution in [0.5, 0.6) is 11.5 Å². The van der Waals surface area contributed by atoms with Crippen molar-refractivity contribution in [2.24, 2.45) is 0 Å². The van der Waals surface area contributed by atoms with Gasteiger partial charge in [0, 0.05) is 13.3 Å². The van der Waals surface area contributed by atoms with Crippen LogP contribution < -0.4 is 14.8 Å². The second-order valence-corrected chi connectivity index (χ2v) is 4.98. The van der Waals surface area contributed by atoms with Gasteiger partial charge in [-0.25, -0.2) is 4.79 Å². The molecule has 1 amide bonds. The molecule has 0 saturated heterocycles. The molecule has 2 N–H and O–H groups in total. The Morgan fingerprint density at radius 1 is 1.32 bits per heavy atom. The first-order valence-electron chi connectivity index (χ1n) is 7.27. The topological polar surface area (TPSA) is 84.9 Å². The molecule has 0 aromatic heterocycles. The fourth-order valence-corrected chi connectivity index (χ4v) is 1.97. The molecule has 0 aliphatic heterocycles. The lowest BCUT2D eigenvalue weighted by molar-refractivity contribution is -0.141. The number of aliphatic carboxylic acids is 1. The Labute approximate surface area is 130 Å². The monoisotopic (exact) mass is 309 g/mol. The summed E-state index contributed by atoms with van der Waals surface area (Å²) in [5, 5.41) is 11.5. The number of carbonyl (C=O) groups excluding carboxylic acids is 1. The molecule has 1 unspecified atom stereocenters. The summed E-state index contributed by atoms with van der Waals surface area (Å²) in [5.41, 5.74) is 0.751. The van der Waals surface area contributed by atoms with E-state index in [0.717, 1.165) is 18.4 Å². The van der Waals surface area contributed by atoms with Crippen molar-refractivity contribution < 1.29 is 24.2 Å². The van der Waals surface area contributed by atoms with Gasteiger partial charge in [-0.2, -0.15) is 0 Å². The Morgan fingerprint density at radius 2 is 2.05 bits per heavy atom. The zero-order valence-electron chi connectivity index (χ0n) is 13.2. The second-order valence-electron chi connectivity index (χ2n) is 4.98. The molecular weight excluding hydrogens is 286 g/mol. The SMILES string of the molecule is CCCCOc1ccc(CC(NC(C)=O)C(=O)O)cc1OC. The number of rotatable bonds is 9. The smallest absolute Gasteiger partial charge is 0.326 e. The summed E-state index contributed by atoms with van der Waals surface area (Å²) in [4.78, 5) is 22.2. The number of hydrogen-bond acceptors (Lipinski definition) is 4. The van der Waals surface area contributed by atoms with Gasteiger partial charge in [0.05, 0.1) is 13.7 Å². The molecule has 0 fully saturated rings. The van der Waals surface area contributed by atoms with Crippen LogP contribution in [-0.4, -0.2) is 36.7 Å². The number of ether oxygens (including phenoxy) is 2. The van der Waals surface area contributed by atoms with Crippen LogP contribution >= 0.6 is 0 Å². The molecule has 1 rings (SSSR count). The second kappa shape index (κ2) is 8.92. The number of carbonyl (C=O) groups is 2. The maximum Gasteiger partial charge on any atom is 0.326 e. The average Bonchev–Trinajstić information content (AvgIpc) is 2.47. The highest BCUT2D eigenvalue weighted by Gasteiger charge is 2.19. The number of amides is 1. The normalized spacial score (nSPS) is 11.6. The fraction of sp³-hybridized carbons (Fsp3) is 0.500. The van der Waals surface area contributed by atoms with Crippen LogP contribution in [0.3, 0.4) is 0 Å². The van der Waals surface area contributed by atoms with Crippen molar-refractivity contribution in [1.29, 1.82) is 0 Å². The summed E-state index contributed by atoms with van der Waals surface area (Å²) in [6.45, 7) is 3.98. The van der Waals surface area contributed by atoms with Gasteiger partial charge in [0.25, 0.3) is 0 Å². The molecule has 0 heterocycles. The number of hydrogen-bond donors (Lipinski definition) is 2. The highest BCUT2D eigenvalue weighted by Crippen LogP contribution is 2.28. The molecule has 1 aromatic carbocycles. The third-order valence-corrected chi connectivity index (χ3v) is 3.10. The molecule has 6 nitrogen and oxygen atoms in total. The van der Waals surface area contributed by atoms with E-state index in [2.05, 4.69) is 12.2 Å². The summed E-state index contributed by atoms with van der Waals surface area (Å²) < 4.78 is 10.9. The van der Waals surface area contributed by atoms with Gasteiger partial charge in [-0.15, -0.1) is 0 Å². The lowest BCUT2D eigenvalue weighted by Gasteiger charge is -2.15. The van der Waals surface area contributed by atoms with Crippen molar-refractivity contribution in [2.45, 2.75) is 39.2 Å². The Balaban J connectivity index is 2.82. The average molecular weight is 309 g/mol. The minimum absolute atomic E-state index is 0.181. The molecule has 0 bridgehead atoms. The van der Waals surface area contributed by atoms with Crippen LogP contribution in [0.4, 0.5) is 0 Å². The quantitative estimate of drug-likeness (QED) is 0.682. The summed E-state index contributed by atoms with van der Waals surface area (Å²) in [5.74, 6) is -0.261. The van der Waals surface area contributed by atoms with E-state index in [4.69, 9.17) is 14.6 Å². The standard InChI is InChI=1S/C16H23NO5/c1-4-5-8-22-14-7-6-12(10-15(14)21-3)9-13(16(19)20)17-11(2)18/h6-7,10,13H,4-5,8-9H2,1-3H3,(H,17,18)(H,19,20). The van der Waals surface area contributed by atoms with Crippen molar-refractivity contribution in [1.82, 2.24) is 5.32 Å². The molecule has 0 aliphatic rings. The van der Waals surface area contributed by atoms with Crippen LogP contribution in [0.15, 0.2) is 18.2 Å². The first-order chi connectivity index (χ1) is 10.5. The van der Waals surface area contributed by atoms with Gasteiger partial charge in [0.15, 0.2) is 11.5 Å². The predicted octanol–water partition coefficient (Wildman–Crippen LogP) is 2.01. The van der Waals surface area contributed by atoms with Gasteiger partial charge in [-0.1, -0.05) is 19.4 Å². The van der Waals surface area contributed by atoms with Crippen molar-refractivity contribution in [3.8, 4) is 11.5 Å².